The van der Waals surface area contributed by atoms with E-state index in [-0.39, 0.29) is 0 Å². The first kappa shape index (κ1) is 16.6. The first-order chi connectivity index (χ1) is 12.8. The van der Waals surface area contributed by atoms with Gasteiger partial charge in [0.2, 0.25) is 0 Å². The fraction of sp³-hybridized carbons (Fsp3) is 0.158. The zero-order valence-electron chi connectivity index (χ0n) is 14.2. The van der Waals surface area contributed by atoms with E-state index in [0.29, 0.717) is 6.54 Å². The van der Waals surface area contributed by atoms with E-state index in [1.807, 2.05) is 55.2 Å². The second-order valence-corrected chi connectivity index (χ2v) is 6.93. The van der Waals surface area contributed by atoms with Crippen molar-refractivity contribution in [2.45, 2.75) is 13.1 Å². The van der Waals surface area contributed by atoms with Crippen LogP contribution in [0.15, 0.2) is 65.0 Å². The zero-order chi connectivity index (χ0) is 17.8. The molecule has 0 unspecified atom stereocenters. The number of aromatic nitrogens is 4. The van der Waals surface area contributed by atoms with E-state index in [4.69, 9.17) is 4.52 Å². The molecule has 130 valence electrons. The Morgan fingerprint density at radius 1 is 1.08 bits per heavy atom. The molecule has 0 fully saturated rings. The van der Waals surface area contributed by atoms with Gasteiger partial charge in [-0.2, -0.15) is 0 Å². The molecular weight excluding hydrogens is 346 g/mol. The van der Waals surface area contributed by atoms with E-state index >= 15 is 0 Å². The van der Waals surface area contributed by atoms with Gasteiger partial charge in [0, 0.05) is 48.5 Å². The fourth-order valence-corrected chi connectivity index (χ4v) is 3.32. The van der Waals surface area contributed by atoms with E-state index in [1.165, 1.54) is 0 Å². The smallest absolute Gasteiger partial charge is 0.169 e. The van der Waals surface area contributed by atoms with Crippen molar-refractivity contribution in [1.29, 1.82) is 0 Å². The van der Waals surface area contributed by atoms with Crippen LogP contribution in [-0.4, -0.2) is 32.1 Å². The number of thiophene rings is 1. The van der Waals surface area contributed by atoms with E-state index in [0.717, 1.165) is 39.8 Å². The topological polar surface area (TPSA) is 67.9 Å². The van der Waals surface area contributed by atoms with Crippen LogP contribution in [0.25, 0.3) is 22.0 Å². The summed E-state index contributed by atoms with van der Waals surface area (Å²) in [5.41, 5.74) is 2.87. The Hall–Kier alpha value is -2.90. The van der Waals surface area contributed by atoms with Crippen molar-refractivity contribution in [3.63, 3.8) is 0 Å². The molecule has 0 bridgehead atoms. The van der Waals surface area contributed by atoms with Crippen LogP contribution < -0.4 is 0 Å². The van der Waals surface area contributed by atoms with Gasteiger partial charge in [0.25, 0.3) is 0 Å². The summed E-state index contributed by atoms with van der Waals surface area (Å²) in [4.78, 5) is 16.1. The maximum Gasteiger partial charge on any atom is 0.169 e. The zero-order valence-corrected chi connectivity index (χ0v) is 15.1. The largest absolute Gasteiger partial charge is 0.359 e. The van der Waals surface area contributed by atoms with Crippen LogP contribution >= 0.6 is 11.3 Å². The molecule has 4 aromatic heterocycles. The Bertz CT molecular complexity index is 951. The third kappa shape index (κ3) is 3.84. The van der Waals surface area contributed by atoms with E-state index in [1.54, 1.807) is 23.7 Å². The van der Waals surface area contributed by atoms with Gasteiger partial charge >= 0.3 is 0 Å². The van der Waals surface area contributed by atoms with Crippen molar-refractivity contribution in [1.82, 2.24) is 25.0 Å². The summed E-state index contributed by atoms with van der Waals surface area (Å²) in [5, 5.41) is 6.16. The van der Waals surface area contributed by atoms with Crippen molar-refractivity contribution < 1.29 is 4.52 Å². The maximum atomic E-state index is 5.45. The van der Waals surface area contributed by atoms with Gasteiger partial charge in [0.1, 0.15) is 5.69 Å². The number of hydrogen-bond donors (Lipinski definition) is 0. The monoisotopic (exact) mass is 363 g/mol. The maximum absolute atomic E-state index is 5.45. The Kier molecular flexibility index (Phi) is 4.81. The van der Waals surface area contributed by atoms with Crippen molar-refractivity contribution in [2.75, 3.05) is 7.05 Å². The molecule has 0 spiro atoms. The summed E-state index contributed by atoms with van der Waals surface area (Å²) < 4.78 is 5.45. The van der Waals surface area contributed by atoms with Crippen LogP contribution in [0.2, 0.25) is 0 Å². The van der Waals surface area contributed by atoms with Crippen molar-refractivity contribution in [3.05, 3.63) is 71.8 Å². The first-order valence-electron chi connectivity index (χ1n) is 8.17. The lowest BCUT2D eigenvalue weighted by molar-refractivity contribution is 0.266. The molecule has 0 atom stereocenters. The summed E-state index contributed by atoms with van der Waals surface area (Å²) in [6.07, 6.45) is 7.24. The Labute approximate surface area is 155 Å². The van der Waals surface area contributed by atoms with Crippen LogP contribution in [0.5, 0.6) is 0 Å². The third-order valence-electron chi connectivity index (χ3n) is 3.86. The minimum atomic E-state index is 0.657. The molecular formula is C19H17N5OS. The Balaban J connectivity index is 1.38. The van der Waals surface area contributed by atoms with Crippen molar-refractivity contribution in [2.24, 2.45) is 0 Å². The molecule has 0 aliphatic rings. The van der Waals surface area contributed by atoms with Crippen LogP contribution in [0, 0.1) is 0 Å². The third-order valence-corrected chi connectivity index (χ3v) is 4.73. The van der Waals surface area contributed by atoms with Crippen molar-refractivity contribution >= 4 is 11.3 Å². The lowest BCUT2D eigenvalue weighted by Crippen LogP contribution is -2.17. The predicted octanol–water partition coefficient (Wildman–Crippen LogP) is 3.89. The Morgan fingerprint density at radius 3 is 2.62 bits per heavy atom. The summed E-state index contributed by atoms with van der Waals surface area (Å²) in [6, 6.07) is 9.82. The second kappa shape index (κ2) is 7.55. The summed E-state index contributed by atoms with van der Waals surface area (Å²) in [6.45, 7) is 1.39. The molecule has 0 radical (unpaired) electrons. The fourth-order valence-electron chi connectivity index (χ4n) is 2.65. The molecule has 4 rings (SSSR count). The van der Waals surface area contributed by atoms with Crippen LogP contribution in [-0.2, 0) is 13.1 Å². The number of hydrogen-bond acceptors (Lipinski definition) is 7. The van der Waals surface area contributed by atoms with Crippen LogP contribution in [0.3, 0.4) is 0 Å². The Morgan fingerprint density at radius 2 is 1.88 bits per heavy atom. The standard InChI is InChI=1S/C19H17N5OS/c1-24(12-14-10-21-19(22-11-14)18-3-2-8-26-18)13-16-9-17(23-25-16)15-4-6-20-7-5-15/h2-11H,12-13H2,1H3. The van der Waals surface area contributed by atoms with Gasteiger partial charge in [-0.15, -0.1) is 11.3 Å². The number of rotatable bonds is 6. The molecule has 0 saturated heterocycles. The van der Waals surface area contributed by atoms with Gasteiger partial charge in [-0.25, -0.2) is 9.97 Å². The number of pyridine rings is 1. The van der Waals surface area contributed by atoms with Crippen molar-refractivity contribution in [3.8, 4) is 22.0 Å². The van der Waals surface area contributed by atoms with Gasteiger partial charge < -0.3 is 4.52 Å². The second-order valence-electron chi connectivity index (χ2n) is 5.98. The van der Waals surface area contributed by atoms with Gasteiger partial charge in [0.15, 0.2) is 11.6 Å². The predicted molar refractivity (Wildman–Crippen MR) is 100 cm³/mol. The lowest BCUT2D eigenvalue weighted by atomic mass is 10.2. The summed E-state index contributed by atoms with van der Waals surface area (Å²) >= 11 is 1.64. The SMILES string of the molecule is CN(Cc1cnc(-c2cccs2)nc1)Cc1cc(-c2ccncc2)no1. The lowest BCUT2D eigenvalue weighted by Gasteiger charge is -2.14. The van der Waals surface area contributed by atoms with E-state index in [2.05, 4.69) is 25.0 Å². The average molecular weight is 363 g/mol. The normalized spacial score (nSPS) is 11.2. The van der Waals surface area contributed by atoms with E-state index in [9.17, 15) is 0 Å². The minimum absolute atomic E-state index is 0.657. The molecule has 0 amide bonds. The van der Waals surface area contributed by atoms with Crippen LogP contribution in [0.1, 0.15) is 11.3 Å². The molecule has 0 saturated carbocycles. The molecule has 4 heterocycles. The summed E-state index contributed by atoms with van der Waals surface area (Å²) in [7, 11) is 2.03. The van der Waals surface area contributed by atoms with Gasteiger partial charge in [0.05, 0.1) is 11.4 Å². The van der Waals surface area contributed by atoms with Crippen LogP contribution in [0.4, 0.5) is 0 Å². The molecule has 7 heteroatoms. The number of nitrogens with zero attached hydrogens (tertiary/aromatic N) is 5. The molecule has 0 aliphatic carbocycles. The molecule has 4 aromatic rings. The highest BCUT2D eigenvalue weighted by Crippen LogP contribution is 2.21. The highest BCUT2D eigenvalue weighted by Gasteiger charge is 2.10. The molecule has 0 aliphatic heterocycles. The average Bonchev–Trinajstić information content (AvgIpc) is 3.35. The minimum Gasteiger partial charge on any atom is -0.359 e. The molecule has 0 N–H and O–H groups in total. The molecule has 26 heavy (non-hydrogen) atoms. The summed E-state index contributed by atoms with van der Waals surface area (Å²) in [5.74, 6) is 1.58. The first-order valence-corrected chi connectivity index (χ1v) is 9.05. The highest BCUT2D eigenvalue weighted by molar-refractivity contribution is 7.13. The van der Waals surface area contributed by atoms with E-state index < -0.39 is 0 Å². The van der Waals surface area contributed by atoms with Gasteiger partial charge in [-0.1, -0.05) is 11.2 Å². The molecule has 0 aromatic carbocycles. The quantitative estimate of drug-likeness (QED) is 0.518. The highest BCUT2D eigenvalue weighted by atomic mass is 32.1. The van der Waals surface area contributed by atoms with Gasteiger partial charge in [-0.05, 0) is 30.6 Å². The van der Waals surface area contributed by atoms with Gasteiger partial charge in [-0.3, -0.25) is 9.88 Å². The molecule has 6 nitrogen and oxygen atoms in total.